The van der Waals surface area contributed by atoms with Crippen LogP contribution in [0.3, 0.4) is 0 Å². The van der Waals surface area contributed by atoms with Crippen molar-refractivity contribution in [2.75, 3.05) is 12.8 Å². The quantitative estimate of drug-likeness (QED) is 0.807. The van der Waals surface area contributed by atoms with Crippen LogP contribution in [-0.2, 0) is 6.61 Å². The molecule has 2 aromatic rings. The molecule has 0 aliphatic carbocycles. The number of benzene rings is 2. The van der Waals surface area contributed by atoms with Crippen LogP contribution < -0.4 is 15.2 Å². The van der Waals surface area contributed by atoms with Crippen molar-refractivity contribution in [1.29, 1.82) is 0 Å². The Hall–Kier alpha value is -2.21. The summed E-state index contributed by atoms with van der Waals surface area (Å²) in [5.74, 6) is 0.205. The molecule has 0 radical (unpaired) electrons. The van der Waals surface area contributed by atoms with Gasteiger partial charge in [0.25, 0.3) is 0 Å². The van der Waals surface area contributed by atoms with Gasteiger partial charge in [-0.1, -0.05) is 6.07 Å². The second-order valence-electron chi connectivity index (χ2n) is 4.31. The number of carboxylic acids is 1. The summed E-state index contributed by atoms with van der Waals surface area (Å²) in [7, 11) is 1.60. The smallest absolute Gasteiger partial charge is 0.337 e. The van der Waals surface area contributed by atoms with E-state index in [0.717, 1.165) is 15.8 Å². The number of anilines is 1. The summed E-state index contributed by atoms with van der Waals surface area (Å²) in [6, 6.07) is 10.1. The van der Waals surface area contributed by atoms with Crippen molar-refractivity contribution in [2.24, 2.45) is 0 Å². The summed E-state index contributed by atoms with van der Waals surface area (Å²) in [5, 5.41) is 8.91. The third-order valence-corrected chi connectivity index (χ3v) is 3.49. The molecule has 21 heavy (non-hydrogen) atoms. The molecule has 3 N–H and O–H groups in total. The first kappa shape index (κ1) is 15.2. The molecule has 0 fully saturated rings. The van der Waals surface area contributed by atoms with Crippen LogP contribution in [0.25, 0.3) is 0 Å². The molecule has 0 saturated carbocycles. The lowest BCUT2D eigenvalue weighted by molar-refractivity contribution is 0.0698. The fourth-order valence-electron chi connectivity index (χ4n) is 1.79. The molecule has 110 valence electrons. The molecule has 0 saturated heterocycles. The number of carbonyl (C=O) groups is 1. The number of ether oxygens (including phenoxy) is 2. The first-order valence-corrected chi connectivity index (χ1v) is 6.88. The Bertz CT molecular complexity index is 673. The predicted octanol–water partition coefficient (Wildman–Crippen LogP) is 3.32. The Balaban J connectivity index is 2.08. The number of nitrogen functional groups attached to an aromatic ring is 1. The third kappa shape index (κ3) is 3.66. The summed E-state index contributed by atoms with van der Waals surface area (Å²) < 4.78 is 11.6. The maximum atomic E-state index is 10.9. The summed E-state index contributed by atoms with van der Waals surface area (Å²) >= 11 is 3.40. The van der Waals surface area contributed by atoms with Crippen molar-refractivity contribution < 1.29 is 19.4 Å². The summed E-state index contributed by atoms with van der Waals surface area (Å²) in [4.78, 5) is 10.9. The molecule has 0 spiro atoms. The molecular weight excluding hydrogens is 338 g/mol. The molecule has 0 atom stereocenters. The van der Waals surface area contributed by atoms with Gasteiger partial charge in [0.05, 0.1) is 17.1 Å². The average molecular weight is 352 g/mol. The zero-order chi connectivity index (χ0) is 15.4. The van der Waals surface area contributed by atoms with Crippen LogP contribution in [0.4, 0.5) is 5.69 Å². The Morgan fingerprint density at radius 3 is 2.62 bits per heavy atom. The maximum Gasteiger partial charge on any atom is 0.337 e. The maximum absolute atomic E-state index is 10.9. The summed E-state index contributed by atoms with van der Waals surface area (Å²) in [5.41, 5.74) is 6.86. The van der Waals surface area contributed by atoms with Gasteiger partial charge in [0.1, 0.15) is 18.1 Å². The molecule has 0 aliphatic heterocycles. The topological polar surface area (TPSA) is 81.8 Å². The molecule has 2 rings (SSSR count). The van der Waals surface area contributed by atoms with Crippen LogP contribution in [0, 0.1) is 0 Å². The van der Waals surface area contributed by atoms with Crippen molar-refractivity contribution in [3.8, 4) is 11.5 Å². The SMILES string of the molecule is COc1ccc(COc2ccc(C(=O)O)c(N)c2)cc1Br. The lowest BCUT2D eigenvalue weighted by Crippen LogP contribution is -2.03. The monoisotopic (exact) mass is 351 g/mol. The fourth-order valence-corrected chi connectivity index (χ4v) is 2.38. The molecule has 2 aromatic carbocycles. The van der Waals surface area contributed by atoms with Crippen LogP contribution in [0.1, 0.15) is 15.9 Å². The molecule has 6 heteroatoms. The van der Waals surface area contributed by atoms with E-state index in [4.69, 9.17) is 20.3 Å². The molecule has 5 nitrogen and oxygen atoms in total. The van der Waals surface area contributed by atoms with Gasteiger partial charge in [0.15, 0.2) is 0 Å². The predicted molar refractivity (Wildman–Crippen MR) is 82.8 cm³/mol. The minimum absolute atomic E-state index is 0.0644. The normalized spacial score (nSPS) is 10.2. The highest BCUT2D eigenvalue weighted by Crippen LogP contribution is 2.26. The van der Waals surface area contributed by atoms with Crippen LogP contribution in [0.2, 0.25) is 0 Å². The molecular formula is C15H14BrNO4. The number of hydrogen-bond acceptors (Lipinski definition) is 4. The first-order valence-electron chi connectivity index (χ1n) is 6.09. The highest BCUT2D eigenvalue weighted by Gasteiger charge is 2.09. The second kappa shape index (κ2) is 6.49. The van der Waals surface area contributed by atoms with Crippen molar-refractivity contribution in [3.05, 3.63) is 52.0 Å². The molecule has 0 aromatic heterocycles. The second-order valence-corrected chi connectivity index (χ2v) is 5.17. The van der Waals surface area contributed by atoms with Crippen molar-refractivity contribution in [2.45, 2.75) is 6.61 Å². The van der Waals surface area contributed by atoms with E-state index in [1.165, 1.54) is 12.1 Å². The summed E-state index contributed by atoms with van der Waals surface area (Å²) in [6.45, 7) is 0.342. The molecule has 0 heterocycles. The van der Waals surface area contributed by atoms with E-state index in [0.29, 0.717) is 12.4 Å². The van der Waals surface area contributed by atoms with E-state index < -0.39 is 5.97 Å². The van der Waals surface area contributed by atoms with Gasteiger partial charge in [-0.05, 0) is 45.8 Å². The first-order chi connectivity index (χ1) is 10.0. The highest BCUT2D eigenvalue weighted by atomic mass is 79.9. The van der Waals surface area contributed by atoms with Gasteiger partial charge in [-0.15, -0.1) is 0 Å². The van der Waals surface area contributed by atoms with Gasteiger partial charge >= 0.3 is 5.97 Å². The zero-order valence-corrected chi connectivity index (χ0v) is 12.9. The van der Waals surface area contributed by atoms with Gasteiger partial charge in [-0.3, -0.25) is 0 Å². The molecule has 0 bridgehead atoms. The number of carboxylic acid groups (broad SMARTS) is 1. The van der Waals surface area contributed by atoms with Gasteiger partial charge in [-0.2, -0.15) is 0 Å². The van der Waals surface area contributed by atoms with Gasteiger partial charge in [-0.25, -0.2) is 4.79 Å². The standard InChI is InChI=1S/C15H14BrNO4/c1-20-14-5-2-9(6-12(14)16)8-21-10-3-4-11(15(18)19)13(17)7-10/h2-7H,8,17H2,1H3,(H,18,19). The van der Waals surface area contributed by atoms with E-state index in [9.17, 15) is 4.79 Å². The Morgan fingerprint density at radius 1 is 1.29 bits per heavy atom. The largest absolute Gasteiger partial charge is 0.496 e. The number of nitrogens with two attached hydrogens (primary N) is 1. The minimum Gasteiger partial charge on any atom is -0.496 e. The van der Waals surface area contributed by atoms with E-state index >= 15 is 0 Å². The highest BCUT2D eigenvalue weighted by molar-refractivity contribution is 9.10. The van der Waals surface area contributed by atoms with E-state index in [1.54, 1.807) is 13.2 Å². The van der Waals surface area contributed by atoms with Crippen LogP contribution in [-0.4, -0.2) is 18.2 Å². The fraction of sp³-hybridized carbons (Fsp3) is 0.133. The van der Waals surface area contributed by atoms with E-state index in [1.807, 2.05) is 18.2 Å². The van der Waals surface area contributed by atoms with Crippen molar-refractivity contribution in [3.63, 3.8) is 0 Å². The van der Waals surface area contributed by atoms with Gasteiger partial charge < -0.3 is 20.3 Å². The molecule has 0 amide bonds. The van der Waals surface area contributed by atoms with E-state index in [-0.39, 0.29) is 11.3 Å². The van der Waals surface area contributed by atoms with Crippen molar-refractivity contribution in [1.82, 2.24) is 0 Å². The Morgan fingerprint density at radius 2 is 2.05 bits per heavy atom. The minimum atomic E-state index is -1.06. The van der Waals surface area contributed by atoms with Crippen LogP contribution in [0.5, 0.6) is 11.5 Å². The lowest BCUT2D eigenvalue weighted by atomic mass is 10.2. The number of methoxy groups -OCH3 is 1. The summed E-state index contributed by atoms with van der Waals surface area (Å²) in [6.07, 6.45) is 0. The Labute approximate surface area is 130 Å². The average Bonchev–Trinajstić information content (AvgIpc) is 2.45. The van der Waals surface area contributed by atoms with Crippen LogP contribution >= 0.6 is 15.9 Å². The zero-order valence-electron chi connectivity index (χ0n) is 11.3. The van der Waals surface area contributed by atoms with Gasteiger partial charge in [0.2, 0.25) is 0 Å². The molecule has 0 aliphatic rings. The van der Waals surface area contributed by atoms with Gasteiger partial charge in [0, 0.05) is 11.8 Å². The van der Waals surface area contributed by atoms with Crippen LogP contribution in [0.15, 0.2) is 40.9 Å². The number of hydrogen-bond donors (Lipinski definition) is 2. The molecule has 0 unspecified atom stereocenters. The van der Waals surface area contributed by atoms with Crippen molar-refractivity contribution >= 4 is 27.6 Å². The number of halogens is 1. The number of aromatic carboxylic acids is 1. The number of rotatable bonds is 5. The Kier molecular flexibility index (Phi) is 4.70. The third-order valence-electron chi connectivity index (χ3n) is 2.88. The van der Waals surface area contributed by atoms with E-state index in [2.05, 4.69) is 15.9 Å². The lowest BCUT2D eigenvalue weighted by Gasteiger charge is -2.10.